The van der Waals surface area contributed by atoms with E-state index in [1.54, 1.807) is 0 Å². The lowest BCUT2D eigenvalue weighted by molar-refractivity contribution is -0.151. The first-order valence-electron chi connectivity index (χ1n) is 33.4. The smallest absolute Gasteiger partial charge is 0.323 e. The molecule has 6 rings (SSSR count). The molecule has 0 saturated carbocycles. The van der Waals surface area contributed by atoms with E-state index in [1.165, 1.54) is 0 Å². The Balaban J connectivity index is 1.13. The van der Waals surface area contributed by atoms with Gasteiger partial charge >= 0.3 is 24.0 Å². The number of carbonyl (C=O) groups is 2. The number of carbonyl (C=O) groups excluding carboxylic acids is 2. The van der Waals surface area contributed by atoms with Crippen LogP contribution in [-0.2, 0) is 19.1 Å². The summed E-state index contributed by atoms with van der Waals surface area (Å²) in [6, 6.07) is 1.13. The summed E-state index contributed by atoms with van der Waals surface area (Å²) in [6.45, 7) is 48.5. The second-order valence-electron chi connectivity index (χ2n) is 31.1. The van der Waals surface area contributed by atoms with Crippen molar-refractivity contribution in [2.75, 3.05) is 72.2 Å². The lowest BCUT2D eigenvalue weighted by Crippen LogP contribution is -2.63. The number of piperidine rings is 4. The van der Waals surface area contributed by atoms with E-state index < -0.39 is 11.9 Å². The van der Waals surface area contributed by atoms with Crippen molar-refractivity contribution < 1.29 is 28.5 Å². The number of nitrogens with zero attached hydrogens (tertiary/aromatic N) is 10. The molecule has 4 fully saturated rings. The molecule has 0 unspecified atom stereocenters. The van der Waals surface area contributed by atoms with Crippen LogP contribution in [0.25, 0.3) is 0 Å². The molecular weight excluding hydrogens is 1080 g/mol. The predicted octanol–water partition coefficient (Wildman–Crippen LogP) is 11.0. The Labute approximate surface area is 520 Å². The third-order valence-electron chi connectivity index (χ3n) is 17.3. The van der Waals surface area contributed by atoms with Crippen molar-refractivity contribution in [3.63, 3.8) is 0 Å². The molecule has 0 aliphatic carbocycles. The fraction of sp³-hybridized carbons (Fsp3) is 0.879. The average molecular weight is 1210 g/mol. The number of unbranched alkanes of at least 4 members (excludes halogenated alkanes) is 4. The van der Waals surface area contributed by atoms with Gasteiger partial charge in [-0.15, -0.1) is 0 Å². The quantitative estimate of drug-likeness (QED) is 0.0409. The average Bonchev–Trinajstić information content (AvgIpc) is 1.19. The highest BCUT2D eigenvalue weighted by Crippen LogP contribution is 2.39. The van der Waals surface area contributed by atoms with Crippen molar-refractivity contribution in [1.29, 1.82) is 0 Å². The lowest BCUT2D eigenvalue weighted by atomic mass is 9.79. The fourth-order valence-corrected chi connectivity index (χ4v) is 15.3. The van der Waals surface area contributed by atoms with E-state index in [2.05, 4.69) is 179 Å². The maximum absolute atomic E-state index is 13.2. The maximum atomic E-state index is 13.2. The second kappa shape index (κ2) is 29.5. The van der Waals surface area contributed by atoms with Crippen LogP contribution in [0.5, 0.6) is 12.0 Å². The van der Waals surface area contributed by atoms with E-state index in [4.69, 9.17) is 48.9 Å². The van der Waals surface area contributed by atoms with Crippen LogP contribution in [-0.4, -0.2) is 163 Å². The Morgan fingerprint density at radius 3 is 0.767 bits per heavy atom. The SMILES string of the molecule is CCCCN(c1nc(OCCOC(=O)CCC(=O)OCCOc2nc(N(CCCC)C3CC(C)(C)NC(C)(C)C3)nc(N(CCCC)C3CC(C)(C)NC(C)(C)C3)n2)nc(N(CCCC)C2CC(C)(C)NC(C)(C)C2)n1)C1CC(C)(C)NC(C)(C)C1. The van der Waals surface area contributed by atoms with E-state index >= 15 is 0 Å². The minimum absolute atomic E-state index is 0.0239. The summed E-state index contributed by atoms with van der Waals surface area (Å²) in [5, 5.41) is 15.4. The van der Waals surface area contributed by atoms with Gasteiger partial charge in [0.25, 0.3) is 0 Å². The monoisotopic (exact) mass is 1200 g/mol. The molecule has 0 atom stereocenters. The van der Waals surface area contributed by atoms with Gasteiger partial charge in [0.15, 0.2) is 0 Å². The molecule has 4 aliphatic rings. The van der Waals surface area contributed by atoms with Crippen molar-refractivity contribution in [2.24, 2.45) is 0 Å². The molecule has 4 N–H and O–H groups in total. The van der Waals surface area contributed by atoms with Gasteiger partial charge in [0.1, 0.15) is 26.4 Å². The number of esters is 2. The van der Waals surface area contributed by atoms with Crippen LogP contribution in [0.3, 0.4) is 0 Å². The van der Waals surface area contributed by atoms with Crippen LogP contribution < -0.4 is 50.3 Å². The van der Waals surface area contributed by atoms with Gasteiger partial charge in [-0.3, -0.25) is 9.59 Å². The second-order valence-corrected chi connectivity index (χ2v) is 31.1. The molecule has 0 radical (unpaired) electrons. The number of rotatable bonds is 31. The lowest BCUT2D eigenvalue weighted by Gasteiger charge is -2.50. The fourth-order valence-electron chi connectivity index (χ4n) is 15.3. The minimum atomic E-state index is -0.533. The van der Waals surface area contributed by atoms with E-state index in [9.17, 15) is 9.59 Å². The Hall–Kier alpha value is -4.40. The third-order valence-corrected chi connectivity index (χ3v) is 17.3. The van der Waals surface area contributed by atoms with Gasteiger partial charge < -0.3 is 59.8 Å². The summed E-state index contributed by atoms with van der Waals surface area (Å²) in [6.07, 6.45) is 15.2. The topological polar surface area (TPSA) is 209 Å². The molecule has 0 aromatic carbocycles. The summed E-state index contributed by atoms with van der Waals surface area (Å²) in [5.74, 6) is 1.38. The maximum Gasteiger partial charge on any atom is 0.323 e. The van der Waals surface area contributed by atoms with Gasteiger partial charge in [0.2, 0.25) is 23.8 Å². The molecule has 2 aromatic heterocycles. The van der Waals surface area contributed by atoms with E-state index in [0.29, 0.717) is 23.8 Å². The normalized spacial score (nSPS) is 21.5. The number of aromatic nitrogens is 6. The van der Waals surface area contributed by atoms with Crippen LogP contribution in [0.2, 0.25) is 0 Å². The number of nitrogens with one attached hydrogen (secondary N) is 4. The zero-order valence-electron chi connectivity index (χ0n) is 57.6. The summed E-state index contributed by atoms with van der Waals surface area (Å²) in [5.41, 5.74) is -0.740. The summed E-state index contributed by atoms with van der Waals surface area (Å²) in [7, 11) is 0. The predicted molar refractivity (Wildman–Crippen MR) is 348 cm³/mol. The molecule has 6 heterocycles. The largest absolute Gasteiger partial charge is 0.462 e. The zero-order valence-corrected chi connectivity index (χ0v) is 57.6. The standard InChI is InChI=1S/C66H120N14O6/c1-21-25-31-77(47-39-59(5,6)73-60(7,8)40-47)53-67-54(78(32-26-22-2)48-41-61(9,10)74-62(11,12)42-48)70-57(69-53)85-37-35-83-51(81)29-30-52(82)84-36-38-86-58-71-55(79(33-27-23-3)49-43-63(13,14)75-64(15,16)44-49)68-56(72-58)80(34-28-24-4)50-45-65(17,18)76-66(19,20)46-50/h47-50,73-76H,21-46H2,1-20H3. The molecule has 4 saturated heterocycles. The molecule has 20 heteroatoms. The summed E-state index contributed by atoms with van der Waals surface area (Å²) in [4.78, 5) is 66.9. The zero-order chi connectivity index (χ0) is 63.5. The van der Waals surface area contributed by atoms with Gasteiger partial charge in [0, 0.05) is 94.7 Å². The highest BCUT2D eigenvalue weighted by Gasteiger charge is 2.46. The number of hydrogen-bond acceptors (Lipinski definition) is 20. The number of anilines is 4. The van der Waals surface area contributed by atoms with Gasteiger partial charge in [-0.05, 0) is 188 Å². The van der Waals surface area contributed by atoms with E-state index in [1.807, 2.05) is 0 Å². The van der Waals surface area contributed by atoms with Crippen LogP contribution in [0, 0.1) is 0 Å². The van der Waals surface area contributed by atoms with Crippen molar-refractivity contribution >= 4 is 35.7 Å². The molecular formula is C66H120N14O6. The van der Waals surface area contributed by atoms with Crippen LogP contribution in [0.4, 0.5) is 23.8 Å². The van der Waals surface area contributed by atoms with Crippen molar-refractivity contribution in [1.82, 2.24) is 51.2 Å². The first-order valence-corrected chi connectivity index (χ1v) is 33.4. The Morgan fingerprint density at radius 1 is 0.360 bits per heavy atom. The Morgan fingerprint density at radius 2 is 0.570 bits per heavy atom. The molecule has 0 bridgehead atoms. The van der Waals surface area contributed by atoms with Gasteiger partial charge in [0.05, 0.1) is 12.8 Å². The first-order chi connectivity index (χ1) is 40.1. The van der Waals surface area contributed by atoms with E-state index in [-0.39, 0.29) is 120 Å². The Bertz CT molecular complexity index is 2120. The molecule has 0 spiro atoms. The number of ether oxygens (including phenoxy) is 4. The van der Waals surface area contributed by atoms with Crippen molar-refractivity contribution in [3.05, 3.63) is 0 Å². The highest BCUT2D eigenvalue weighted by molar-refractivity contribution is 5.77. The first kappa shape index (κ1) is 70.7. The molecule has 20 nitrogen and oxygen atoms in total. The summed E-state index contributed by atoms with van der Waals surface area (Å²) < 4.78 is 24.0. The number of hydrogen-bond donors (Lipinski definition) is 4. The van der Waals surface area contributed by atoms with Gasteiger partial charge in [-0.25, -0.2) is 0 Å². The molecule has 86 heavy (non-hydrogen) atoms. The Kier molecular flexibility index (Phi) is 24.2. The molecule has 0 amide bonds. The van der Waals surface area contributed by atoms with Crippen LogP contribution >= 0.6 is 0 Å². The molecule has 2 aromatic rings. The third kappa shape index (κ3) is 21.7. The van der Waals surface area contributed by atoms with Crippen molar-refractivity contribution in [3.8, 4) is 12.0 Å². The minimum Gasteiger partial charge on any atom is -0.462 e. The highest BCUT2D eigenvalue weighted by atomic mass is 16.6. The van der Waals surface area contributed by atoms with Crippen molar-refractivity contribution in [2.45, 2.75) is 323 Å². The van der Waals surface area contributed by atoms with Crippen LogP contribution in [0.1, 0.15) is 254 Å². The van der Waals surface area contributed by atoms with E-state index in [0.717, 1.165) is 129 Å². The van der Waals surface area contributed by atoms with Gasteiger partial charge in [-0.2, -0.15) is 29.9 Å². The van der Waals surface area contributed by atoms with Gasteiger partial charge in [-0.1, -0.05) is 53.4 Å². The van der Waals surface area contributed by atoms with Crippen LogP contribution in [0.15, 0.2) is 0 Å². The molecule has 4 aliphatic heterocycles. The summed E-state index contributed by atoms with van der Waals surface area (Å²) >= 11 is 0. The molecule has 490 valence electrons.